The van der Waals surface area contributed by atoms with Crippen LogP contribution in [-0.4, -0.2) is 77.6 Å². The highest BCUT2D eigenvalue weighted by atomic mass is 32.2. The SMILES string of the molecule is CC(=O)N(C)[C@@H](Cc1c[nH]c2ccccc12)C(=O)OCN1CCN(C2=CCCC=C2Sc2ccc(C)cc2C)CC1. The molecule has 1 atom stereocenters. The average molecular weight is 573 g/mol. The molecule has 1 amide bonds. The quantitative estimate of drug-likeness (QED) is 0.335. The number of hydrogen-bond acceptors (Lipinski definition) is 6. The standard InChI is InChI=1S/C33H40N4O3S/c1-23-13-14-31(24(2)19-23)41-32-12-8-7-11-29(32)37-17-15-36(16-18-37)22-40-33(39)30(35(4)25(3)38)20-26-21-34-28-10-6-5-9-27(26)28/h5-6,9-14,19,21,30,34H,7-8,15-18,20,22H2,1-4H3/t30-/m0/s1. The number of aryl methyl sites for hydroxylation is 2. The number of aromatic nitrogens is 1. The minimum absolute atomic E-state index is 0.163. The van der Waals surface area contributed by atoms with Gasteiger partial charge in [-0.3, -0.25) is 9.69 Å². The highest BCUT2D eigenvalue weighted by molar-refractivity contribution is 8.03. The van der Waals surface area contributed by atoms with Crippen molar-refractivity contribution in [1.29, 1.82) is 0 Å². The molecule has 0 bridgehead atoms. The number of benzene rings is 2. The lowest BCUT2D eigenvalue weighted by molar-refractivity contribution is -0.158. The third-order valence-corrected chi connectivity index (χ3v) is 9.34. The number of fused-ring (bicyclic) bond motifs is 1. The van der Waals surface area contributed by atoms with Crippen LogP contribution in [0.4, 0.5) is 0 Å². The summed E-state index contributed by atoms with van der Waals surface area (Å²) in [5.41, 5.74) is 5.92. The first-order valence-corrected chi connectivity index (χ1v) is 15.2. The topological polar surface area (TPSA) is 68.9 Å². The van der Waals surface area contributed by atoms with Crippen LogP contribution in [0.2, 0.25) is 0 Å². The number of nitrogens with zero attached hydrogens (tertiary/aromatic N) is 3. The van der Waals surface area contributed by atoms with E-state index in [2.05, 4.69) is 59.0 Å². The first-order valence-electron chi connectivity index (χ1n) is 14.4. The number of para-hydroxylation sites is 1. The van der Waals surface area contributed by atoms with Crippen LogP contribution in [0.3, 0.4) is 0 Å². The van der Waals surface area contributed by atoms with E-state index >= 15 is 0 Å². The Labute approximate surface area is 247 Å². The molecule has 1 aromatic heterocycles. The molecule has 5 rings (SSSR count). The highest BCUT2D eigenvalue weighted by Crippen LogP contribution is 2.38. The smallest absolute Gasteiger partial charge is 0.330 e. The van der Waals surface area contributed by atoms with Gasteiger partial charge in [0.05, 0.1) is 0 Å². The fourth-order valence-electron chi connectivity index (χ4n) is 5.53. The zero-order chi connectivity index (χ0) is 28.9. The van der Waals surface area contributed by atoms with Gasteiger partial charge in [0, 0.05) is 79.2 Å². The maximum Gasteiger partial charge on any atom is 0.330 e. The number of allylic oxidation sites excluding steroid dienone is 2. The lowest BCUT2D eigenvalue weighted by atomic mass is 10.0. The Kier molecular flexibility index (Phi) is 9.20. The maximum absolute atomic E-state index is 13.3. The molecule has 2 heterocycles. The van der Waals surface area contributed by atoms with Crippen LogP contribution in [-0.2, 0) is 20.7 Å². The predicted octanol–water partition coefficient (Wildman–Crippen LogP) is 5.65. The largest absolute Gasteiger partial charge is 0.448 e. The second-order valence-corrected chi connectivity index (χ2v) is 12.1. The van der Waals surface area contributed by atoms with Crippen molar-refractivity contribution in [3.63, 3.8) is 0 Å². The molecule has 1 N–H and O–H groups in total. The Balaban J connectivity index is 1.17. The molecule has 1 aliphatic heterocycles. The third kappa shape index (κ3) is 6.88. The van der Waals surface area contributed by atoms with Crippen molar-refractivity contribution in [2.75, 3.05) is 40.0 Å². The van der Waals surface area contributed by atoms with Gasteiger partial charge in [0.2, 0.25) is 5.91 Å². The molecule has 0 radical (unpaired) electrons. The van der Waals surface area contributed by atoms with Gasteiger partial charge in [-0.05, 0) is 49.9 Å². The Morgan fingerprint density at radius 3 is 2.56 bits per heavy atom. The van der Waals surface area contributed by atoms with Crippen LogP contribution in [0, 0.1) is 13.8 Å². The number of likely N-dealkylation sites (N-methyl/N-ethyl adjacent to an activating group) is 1. The summed E-state index contributed by atoms with van der Waals surface area (Å²) in [5.74, 6) is -0.538. The number of aromatic amines is 1. The first kappa shape index (κ1) is 29.0. The van der Waals surface area contributed by atoms with Gasteiger partial charge >= 0.3 is 5.97 Å². The summed E-state index contributed by atoms with van der Waals surface area (Å²) in [6.07, 6.45) is 9.18. The lowest BCUT2D eigenvalue weighted by Crippen LogP contribution is -2.49. The van der Waals surface area contributed by atoms with E-state index in [9.17, 15) is 9.59 Å². The van der Waals surface area contributed by atoms with Crippen LogP contribution < -0.4 is 0 Å². The Morgan fingerprint density at radius 1 is 1.05 bits per heavy atom. The second kappa shape index (κ2) is 13.0. The number of ether oxygens (including phenoxy) is 1. The van der Waals surface area contributed by atoms with Crippen molar-refractivity contribution in [2.24, 2.45) is 0 Å². The number of rotatable bonds is 9. The normalized spacial score (nSPS) is 16.7. The lowest BCUT2D eigenvalue weighted by Gasteiger charge is -2.38. The number of esters is 1. The van der Waals surface area contributed by atoms with Crippen molar-refractivity contribution in [3.05, 3.63) is 88.1 Å². The average Bonchev–Trinajstić information content (AvgIpc) is 3.39. The van der Waals surface area contributed by atoms with E-state index < -0.39 is 6.04 Å². The number of carbonyl (C=O) groups excluding carboxylic acids is 2. The zero-order valence-corrected chi connectivity index (χ0v) is 25.3. The molecule has 3 aromatic rings. The van der Waals surface area contributed by atoms with E-state index in [0.717, 1.165) is 55.5 Å². The van der Waals surface area contributed by atoms with E-state index in [4.69, 9.17) is 4.74 Å². The molecular weight excluding hydrogens is 532 g/mol. The number of nitrogens with one attached hydrogen (secondary N) is 1. The van der Waals surface area contributed by atoms with Gasteiger partial charge in [0.25, 0.3) is 0 Å². The minimum Gasteiger partial charge on any atom is -0.448 e. The summed E-state index contributed by atoms with van der Waals surface area (Å²) >= 11 is 1.86. The molecule has 8 heteroatoms. The number of thioether (sulfide) groups is 1. The predicted molar refractivity (Wildman–Crippen MR) is 166 cm³/mol. The third-order valence-electron chi connectivity index (χ3n) is 8.06. The summed E-state index contributed by atoms with van der Waals surface area (Å²) in [7, 11) is 1.67. The monoisotopic (exact) mass is 572 g/mol. The molecule has 0 unspecified atom stereocenters. The molecule has 41 heavy (non-hydrogen) atoms. The van der Waals surface area contributed by atoms with Gasteiger partial charge in [0.15, 0.2) is 0 Å². The van der Waals surface area contributed by atoms with Crippen molar-refractivity contribution >= 4 is 34.5 Å². The first-order chi connectivity index (χ1) is 19.8. The van der Waals surface area contributed by atoms with Crippen molar-refractivity contribution < 1.29 is 14.3 Å². The van der Waals surface area contributed by atoms with Gasteiger partial charge in [0.1, 0.15) is 12.8 Å². The number of piperazine rings is 1. The van der Waals surface area contributed by atoms with Crippen LogP contribution in [0.1, 0.15) is 36.5 Å². The van der Waals surface area contributed by atoms with E-state index in [1.54, 1.807) is 7.05 Å². The summed E-state index contributed by atoms with van der Waals surface area (Å²) in [6, 6.07) is 14.0. The van der Waals surface area contributed by atoms with Gasteiger partial charge < -0.3 is 19.5 Å². The number of H-pyrrole nitrogens is 1. The van der Waals surface area contributed by atoms with E-state index in [1.165, 1.54) is 38.4 Å². The molecule has 0 spiro atoms. The van der Waals surface area contributed by atoms with Gasteiger partial charge in [-0.2, -0.15) is 0 Å². The van der Waals surface area contributed by atoms with E-state index in [-0.39, 0.29) is 18.6 Å². The minimum atomic E-state index is -0.685. The van der Waals surface area contributed by atoms with Gasteiger partial charge in [-0.25, -0.2) is 4.79 Å². The summed E-state index contributed by atoms with van der Waals surface area (Å²) < 4.78 is 5.81. The van der Waals surface area contributed by atoms with Crippen molar-refractivity contribution in [3.8, 4) is 0 Å². The molecular formula is C33H40N4O3S. The summed E-state index contributed by atoms with van der Waals surface area (Å²) in [6.45, 7) is 9.39. The number of carbonyl (C=O) groups is 2. The fourth-order valence-corrected chi connectivity index (χ4v) is 6.64. The molecule has 216 valence electrons. The van der Waals surface area contributed by atoms with E-state index in [0.29, 0.717) is 6.42 Å². The molecule has 1 saturated heterocycles. The Morgan fingerprint density at radius 2 is 1.80 bits per heavy atom. The Hall–Kier alpha value is -3.49. The molecule has 1 aliphatic carbocycles. The number of hydrogen-bond donors (Lipinski definition) is 1. The molecule has 2 aliphatic rings. The molecule has 0 saturated carbocycles. The van der Waals surface area contributed by atoms with Crippen molar-refractivity contribution in [1.82, 2.24) is 19.7 Å². The van der Waals surface area contributed by atoms with Crippen LogP contribution in [0.25, 0.3) is 10.9 Å². The van der Waals surface area contributed by atoms with Crippen LogP contribution >= 0.6 is 11.8 Å². The van der Waals surface area contributed by atoms with Crippen LogP contribution in [0.15, 0.2) is 76.3 Å². The second-order valence-electron chi connectivity index (χ2n) is 11.0. The molecule has 1 fully saturated rings. The molecule has 2 aromatic carbocycles. The van der Waals surface area contributed by atoms with Crippen molar-refractivity contribution in [2.45, 2.75) is 51.0 Å². The molecule has 7 nitrogen and oxygen atoms in total. The number of amides is 1. The van der Waals surface area contributed by atoms with Crippen LogP contribution in [0.5, 0.6) is 0 Å². The summed E-state index contributed by atoms with van der Waals surface area (Å²) in [4.78, 5) is 37.5. The van der Waals surface area contributed by atoms with E-state index in [1.807, 2.05) is 42.2 Å². The summed E-state index contributed by atoms with van der Waals surface area (Å²) in [5, 5.41) is 1.06. The fraction of sp³-hybridized carbons (Fsp3) is 0.394. The zero-order valence-electron chi connectivity index (χ0n) is 24.5. The highest BCUT2D eigenvalue weighted by Gasteiger charge is 2.29. The Bertz CT molecular complexity index is 1470. The maximum atomic E-state index is 13.3. The van der Waals surface area contributed by atoms with Gasteiger partial charge in [-0.15, -0.1) is 0 Å². The van der Waals surface area contributed by atoms with Gasteiger partial charge in [-0.1, -0.05) is 59.8 Å².